The minimum Gasteiger partial charge on any atom is -0.303 e. The van der Waals surface area contributed by atoms with Crippen LogP contribution in [0.3, 0.4) is 0 Å². The van der Waals surface area contributed by atoms with Crippen molar-refractivity contribution in [3.63, 3.8) is 0 Å². The van der Waals surface area contributed by atoms with Crippen LogP contribution in [0.25, 0.3) is 0 Å². The third-order valence-electron chi connectivity index (χ3n) is 3.85. The quantitative estimate of drug-likeness (QED) is 0.231. The van der Waals surface area contributed by atoms with Crippen molar-refractivity contribution < 1.29 is 28.1 Å². The first-order valence-corrected chi connectivity index (χ1v) is 13.1. The van der Waals surface area contributed by atoms with Gasteiger partial charge in [0, 0.05) is 31.0 Å². The molecule has 0 rings (SSSR count). The van der Waals surface area contributed by atoms with E-state index in [1.165, 1.54) is 11.8 Å². The van der Waals surface area contributed by atoms with Gasteiger partial charge >= 0.3 is 7.82 Å². The number of carbonyl (C=O) groups is 2. The molecule has 0 aromatic rings. The predicted molar refractivity (Wildman–Crippen MR) is 114 cm³/mol. The Morgan fingerprint density at radius 3 is 2.04 bits per heavy atom. The molecule has 0 saturated carbocycles. The van der Waals surface area contributed by atoms with Crippen molar-refractivity contribution in [2.24, 2.45) is 0 Å². The van der Waals surface area contributed by atoms with E-state index in [2.05, 4.69) is 18.4 Å². The highest BCUT2D eigenvalue weighted by Gasteiger charge is 2.24. The highest BCUT2D eigenvalue weighted by molar-refractivity contribution is 8.17. The van der Waals surface area contributed by atoms with E-state index in [9.17, 15) is 19.0 Å². The molecule has 0 aliphatic rings. The van der Waals surface area contributed by atoms with Crippen molar-refractivity contribution in [2.45, 2.75) is 83.3 Å². The Morgan fingerprint density at radius 1 is 0.963 bits per heavy atom. The highest BCUT2D eigenvalue weighted by atomic mass is 32.2. The zero-order valence-electron chi connectivity index (χ0n) is 16.8. The van der Waals surface area contributed by atoms with Gasteiger partial charge in [-0.25, -0.2) is 4.57 Å². The van der Waals surface area contributed by atoms with Gasteiger partial charge in [0.25, 0.3) is 0 Å². The fourth-order valence-corrected chi connectivity index (χ4v) is 4.82. The van der Waals surface area contributed by atoms with E-state index in [4.69, 9.17) is 4.52 Å². The van der Waals surface area contributed by atoms with Crippen molar-refractivity contribution in [3.8, 4) is 0 Å². The summed E-state index contributed by atoms with van der Waals surface area (Å²) in [5, 5.41) is -0.240. The summed E-state index contributed by atoms with van der Waals surface area (Å²) in [4.78, 5) is 33.5. The molecule has 0 aliphatic carbocycles. The Bertz CT molecular complexity index is 461. The number of carbonyl (C=O) groups excluding carboxylic acids is 2. The van der Waals surface area contributed by atoms with Gasteiger partial charge in [0.2, 0.25) is 0 Å². The first kappa shape index (κ1) is 27.1. The second kappa shape index (κ2) is 17.0. The minimum atomic E-state index is -4.09. The van der Waals surface area contributed by atoms with Gasteiger partial charge in [0.15, 0.2) is 10.2 Å². The molecule has 27 heavy (non-hydrogen) atoms. The van der Waals surface area contributed by atoms with Crippen molar-refractivity contribution in [2.75, 3.05) is 19.5 Å². The third kappa shape index (κ3) is 16.8. The summed E-state index contributed by atoms with van der Waals surface area (Å²) in [5.74, 6) is 0.377. The fourth-order valence-electron chi connectivity index (χ4n) is 2.24. The molecule has 0 heterocycles. The molecule has 1 unspecified atom stereocenters. The summed E-state index contributed by atoms with van der Waals surface area (Å²) < 4.78 is 20.8. The SMILES string of the molecule is CCCCCCC(=O)SC[C@H](COP(=O)(O)OC)SC(=O)CCCCCC. The van der Waals surface area contributed by atoms with E-state index in [1.807, 2.05) is 0 Å². The molecular formula is C18H35O6PS2. The lowest BCUT2D eigenvalue weighted by Gasteiger charge is -2.17. The fraction of sp³-hybridized carbons (Fsp3) is 0.889. The van der Waals surface area contributed by atoms with Crippen molar-refractivity contribution in [1.29, 1.82) is 0 Å². The van der Waals surface area contributed by atoms with Gasteiger partial charge in [0.1, 0.15) is 0 Å². The Kier molecular flexibility index (Phi) is 17.1. The number of unbranched alkanes of at least 4 members (excludes halogenated alkanes) is 6. The summed E-state index contributed by atoms with van der Waals surface area (Å²) >= 11 is 2.27. The Labute approximate surface area is 172 Å². The van der Waals surface area contributed by atoms with E-state index in [1.54, 1.807) is 0 Å². The van der Waals surface area contributed by atoms with E-state index < -0.39 is 7.82 Å². The lowest BCUT2D eigenvalue weighted by molar-refractivity contribution is -0.112. The lowest BCUT2D eigenvalue weighted by atomic mass is 10.2. The van der Waals surface area contributed by atoms with E-state index in [0.29, 0.717) is 18.6 Å². The van der Waals surface area contributed by atoms with Crippen molar-refractivity contribution >= 4 is 41.6 Å². The number of hydrogen-bond donors (Lipinski definition) is 1. The normalized spacial score (nSPS) is 14.7. The summed E-state index contributed by atoms with van der Waals surface area (Å²) in [6, 6.07) is 0. The van der Waals surface area contributed by atoms with Crippen LogP contribution in [0.2, 0.25) is 0 Å². The smallest absolute Gasteiger partial charge is 0.303 e. The van der Waals surface area contributed by atoms with E-state index in [0.717, 1.165) is 70.2 Å². The first-order valence-electron chi connectivity index (χ1n) is 9.72. The molecule has 0 radical (unpaired) electrons. The second-order valence-corrected chi connectivity index (χ2v) is 10.4. The van der Waals surface area contributed by atoms with Crippen LogP contribution in [0, 0.1) is 0 Å². The summed E-state index contributed by atoms with van der Waals surface area (Å²) in [6.45, 7) is 4.13. The molecule has 0 aromatic carbocycles. The maximum absolute atomic E-state index is 12.1. The second-order valence-electron chi connectivity index (χ2n) is 6.36. The average molecular weight is 443 g/mol. The van der Waals surface area contributed by atoms with Crippen molar-refractivity contribution in [3.05, 3.63) is 0 Å². The molecule has 0 fully saturated rings. The van der Waals surface area contributed by atoms with Crippen LogP contribution in [0.1, 0.15) is 78.1 Å². The zero-order valence-corrected chi connectivity index (χ0v) is 19.3. The molecule has 0 aliphatic heterocycles. The number of phosphoric ester groups is 1. The molecule has 0 amide bonds. The van der Waals surface area contributed by atoms with Gasteiger partial charge in [-0.05, 0) is 12.8 Å². The summed E-state index contributed by atoms with van der Waals surface area (Å²) in [5.41, 5.74) is 0. The van der Waals surface area contributed by atoms with Crippen LogP contribution in [-0.2, 0) is 23.2 Å². The van der Waals surface area contributed by atoms with Gasteiger partial charge in [0.05, 0.1) is 6.61 Å². The molecule has 2 atom stereocenters. The summed E-state index contributed by atoms with van der Waals surface area (Å²) in [6.07, 6.45) is 9.23. The topological polar surface area (TPSA) is 89.9 Å². The van der Waals surface area contributed by atoms with Crippen LogP contribution in [-0.4, -0.2) is 39.8 Å². The molecular weight excluding hydrogens is 407 g/mol. The molecule has 160 valence electrons. The Morgan fingerprint density at radius 2 is 1.52 bits per heavy atom. The van der Waals surface area contributed by atoms with E-state index in [-0.39, 0.29) is 22.1 Å². The van der Waals surface area contributed by atoms with Gasteiger partial charge in [-0.1, -0.05) is 75.9 Å². The monoisotopic (exact) mass is 442 g/mol. The van der Waals surface area contributed by atoms with Crippen LogP contribution < -0.4 is 0 Å². The van der Waals surface area contributed by atoms with Crippen LogP contribution in [0.4, 0.5) is 0 Å². The number of phosphoric acid groups is 1. The minimum absolute atomic E-state index is 0.0286. The summed E-state index contributed by atoms with van der Waals surface area (Å²) in [7, 11) is -3.00. The molecule has 1 N–H and O–H groups in total. The van der Waals surface area contributed by atoms with Gasteiger partial charge < -0.3 is 4.89 Å². The predicted octanol–water partition coefficient (Wildman–Crippen LogP) is 5.58. The third-order valence-corrected chi connectivity index (χ3v) is 7.20. The first-order chi connectivity index (χ1) is 12.8. The molecule has 9 heteroatoms. The maximum Gasteiger partial charge on any atom is 0.471 e. The lowest BCUT2D eigenvalue weighted by Crippen LogP contribution is -2.18. The van der Waals surface area contributed by atoms with Gasteiger partial charge in [-0.15, -0.1) is 0 Å². The van der Waals surface area contributed by atoms with Gasteiger partial charge in [-0.2, -0.15) is 0 Å². The highest BCUT2D eigenvalue weighted by Crippen LogP contribution is 2.42. The van der Waals surface area contributed by atoms with Crippen LogP contribution in [0.5, 0.6) is 0 Å². The Balaban J connectivity index is 4.40. The molecule has 0 saturated heterocycles. The number of thioether (sulfide) groups is 2. The van der Waals surface area contributed by atoms with Crippen molar-refractivity contribution in [1.82, 2.24) is 0 Å². The largest absolute Gasteiger partial charge is 0.471 e. The zero-order chi connectivity index (χ0) is 20.5. The van der Waals surface area contributed by atoms with Gasteiger partial charge in [-0.3, -0.25) is 18.6 Å². The maximum atomic E-state index is 12.1. The average Bonchev–Trinajstić information content (AvgIpc) is 2.64. The number of hydrogen-bond acceptors (Lipinski definition) is 7. The standard InChI is InChI=1S/C18H35O6PS2/c1-4-6-8-10-12-17(19)26-15-16(14-24-25(21,22)23-3)27-18(20)13-11-9-7-5-2/h16H,4-15H2,1-3H3,(H,21,22)/t16-/m0/s1. The van der Waals surface area contributed by atoms with Crippen LogP contribution in [0.15, 0.2) is 0 Å². The molecule has 6 nitrogen and oxygen atoms in total. The van der Waals surface area contributed by atoms with E-state index >= 15 is 0 Å². The molecule has 0 aromatic heterocycles. The van der Waals surface area contributed by atoms with Crippen LogP contribution >= 0.6 is 31.3 Å². The molecule has 0 bridgehead atoms. The Hall–Kier alpha value is 0.150. The molecule has 0 spiro atoms. The number of rotatable bonds is 17.